The third-order valence-electron chi connectivity index (χ3n) is 4.02. The zero-order valence-electron chi connectivity index (χ0n) is 15.3. The highest BCUT2D eigenvalue weighted by Gasteiger charge is 2.09. The molecule has 0 spiro atoms. The minimum absolute atomic E-state index is 0.268. The molecular weight excluding hydrogens is 378 g/mol. The maximum Gasteiger partial charge on any atom is 0.337 e. The zero-order chi connectivity index (χ0) is 20.1. The van der Waals surface area contributed by atoms with Crippen molar-refractivity contribution in [3.63, 3.8) is 0 Å². The molecule has 1 heterocycles. The molecule has 0 saturated heterocycles. The number of nitrogens with zero attached hydrogens (tertiary/aromatic N) is 1. The van der Waals surface area contributed by atoms with Gasteiger partial charge in [-0.25, -0.2) is 9.78 Å². The summed E-state index contributed by atoms with van der Waals surface area (Å²) in [5, 5.41) is 6.59. The Balaban J connectivity index is 1.64. The van der Waals surface area contributed by atoms with Crippen molar-refractivity contribution in [1.82, 2.24) is 4.98 Å². The summed E-state index contributed by atoms with van der Waals surface area (Å²) in [7, 11) is 1.32. The van der Waals surface area contributed by atoms with Gasteiger partial charge >= 0.3 is 5.97 Å². The van der Waals surface area contributed by atoms with E-state index in [1.807, 2.05) is 25.1 Å². The molecule has 0 fully saturated rings. The minimum Gasteiger partial charge on any atom is -0.465 e. The molecule has 0 aliphatic rings. The van der Waals surface area contributed by atoms with Gasteiger partial charge < -0.3 is 15.4 Å². The molecule has 142 valence electrons. The lowest BCUT2D eigenvalue weighted by atomic mass is 10.2. The Labute approximate surface area is 167 Å². The first-order valence-electron chi connectivity index (χ1n) is 8.45. The molecule has 1 aromatic heterocycles. The largest absolute Gasteiger partial charge is 0.465 e. The highest BCUT2D eigenvalue weighted by molar-refractivity contribution is 6.31. The van der Waals surface area contributed by atoms with E-state index in [-0.39, 0.29) is 11.6 Å². The van der Waals surface area contributed by atoms with Gasteiger partial charge in [0.15, 0.2) is 0 Å². The summed E-state index contributed by atoms with van der Waals surface area (Å²) in [6.45, 7) is 1.93. The van der Waals surface area contributed by atoms with E-state index in [9.17, 15) is 9.59 Å². The normalized spacial score (nSPS) is 10.2. The van der Waals surface area contributed by atoms with Crippen molar-refractivity contribution < 1.29 is 14.3 Å². The average Bonchev–Trinajstić information content (AvgIpc) is 2.71. The van der Waals surface area contributed by atoms with Crippen LogP contribution in [-0.2, 0) is 4.74 Å². The quantitative estimate of drug-likeness (QED) is 0.605. The van der Waals surface area contributed by atoms with Gasteiger partial charge in [-0.3, -0.25) is 4.79 Å². The Morgan fingerprint density at radius 3 is 2.25 bits per heavy atom. The molecule has 2 N–H and O–H groups in total. The Morgan fingerprint density at radius 1 is 0.964 bits per heavy atom. The number of aromatic nitrogens is 1. The summed E-state index contributed by atoms with van der Waals surface area (Å²) in [5.41, 5.74) is 3.79. The number of benzene rings is 2. The third kappa shape index (κ3) is 4.66. The van der Waals surface area contributed by atoms with Crippen LogP contribution < -0.4 is 10.6 Å². The lowest BCUT2D eigenvalue weighted by Gasteiger charge is -2.09. The van der Waals surface area contributed by atoms with Crippen molar-refractivity contribution in [2.24, 2.45) is 0 Å². The highest BCUT2D eigenvalue weighted by Crippen LogP contribution is 2.23. The van der Waals surface area contributed by atoms with E-state index in [1.54, 1.807) is 42.6 Å². The Bertz CT molecular complexity index is 1000. The fourth-order valence-electron chi connectivity index (χ4n) is 2.44. The SMILES string of the molecule is COC(=O)c1ccc(NC(=O)c2ccc(Nc3ccc(C)c(Cl)c3)cn2)cc1. The van der Waals surface area contributed by atoms with Crippen LogP contribution in [0.15, 0.2) is 60.8 Å². The van der Waals surface area contributed by atoms with Crippen molar-refractivity contribution in [2.45, 2.75) is 6.92 Å². The smallest absolute Gasteiger partial charge is 0.337 e. The predicted octanol–water partition coefficient (Wildman–Crippen LogP) is 4.83. The maximum atomic E-state index is 12.3. The average molecular weight is 396 g/mol. The van der Waals surface area contributed by atoms with E-state index in [0.29, 0.717) is 16.3 Å². The summed E-state index contributed by atoms with van der Waals surface area (Å²) in [6, 6.07) is 15.5. The predicted molar refractivity (Wildman–Crippen MR) is 109 cm³/mol. The van der Waals surface area contributed by atoms with E-state index < -0.39 is 5.97 Å². The van der Waals surface area contributed by atoms with Gasteiger partial charge in [0.05, 0.1) is 24.6 Å². The number of ether oxygens (including phenoxy) is 1. The number of aryl methyl sites for hydroxylation is 1. The van der Waals surface area contributed by atoms with Crippen molar-refractivity contribution in [1.29, 1.82) is 0 Å². The van der Waals surface area contributed by atoms with Crippen LogP contribution in [0.3, 0.4) is 0 Å². The first-order chi connectivity index (χ1) is 13.5. The highest BCUT2D eigenvalue weighted by atomic mass is 35.5. The first-order valence-corrected chi connectivity index (χ1v) is 8.83. The molecule has 0 aliphatic heterocycles. The monoisotopic (exact) mass is 395 g/mol. The van der Waals surface area contributed by atoms with Crippen molar-refractivity contribution in [2.75, 3.05) is 17.7 Å². The number of hydrogen-bond acceptors (Lipinski definition) is 5. The van der Waals surface area contributed by atoms with Crippen LogP contribution in [0.1, 0.15) is 26.4 Å². The molecule has 28 heavy (non-hydrogen) atoms. The van der Waals surface area contributed by atoms with Crippen LogP contribution in [0.4, 0.5) is 17.1 Å². The van der Waals surface area contributed by atoms with Gasteiger partial charge in [-0.15, -0.1) is 0 Å². The number of hydrogen-bond donors (Lipinski definition) is 2. The second-order valence-electron chi connectivity index (χ2n) is 6.04. The first kappa shape index (κ1) is 19.4. The van der Waals surface area contributed by atoms with E-state index in [1.165, 1.54) is 7.11 Å². The number of amides is 1. The molecule has 3 rings (SSSR count). The maximum absolute atomic E-state index is 12.3. The number of carbonyl (C=O) groups excluding carboxylic acids is 2. The molecule has 0 aliphatic carbocycles. The number of halogens is 1. The summed E-state index contributed by atoms with van der Waals surface area (Å²) in [5.74, 6) is -0.784. The third-order valence-corrected chi connectivity index (χ3v) is 4.43. The number of anilines is 3. The lowest BCUT2D eigenvalue weighted by Crippen LogP contribution is -2.13. The molecular formula is C21H18ClN3O3. The Hall–Kier alpha value is -3.38. The van der Waals surface area contributed by atoms with Gasteiger partial charge in [-0.1, -0.05) is 17.7 Å². The number of rotatable bonds is 5. The zero-order valence-corrected chi connectivity index (χ0v) is 16.1. The summed E-state index contributed by atoms with van der Waals surface area (Å²) in [6.07, 6.45) is 1.57. The molecule has 0 radical (unpaired) electrons. The van der Waals surface area contributed by atoms with Gasteiger partial charge in [0, 0.05) is 16.4 Å². The second kappa shape index (κ2) is 8.54. The number of carbonyl (C=O) groups is 2. The van der Waals surface area contributed by atoms with Crippen molar-refractivity contribution in [3.05, 3.63) is 82.6 Å². The van der Waals surface area contributed by atoms with Gasteiger partial charge in [0.2, 0.25) is 0 Å². The molecule has 0 atom stereocenters. The topological polar surface area (TPSA) is 80.3 Å². The molecule has 0 unspecified atom stereocenters. The van der Waals surface area contributed by atoms with Gasteiger partial charge in [0.1, 0.15) is 5.69 Å². The van der Waals surface area contributed by atoms with Crippen LogP contribution >= 0.6 is 11.6 Å². The lowest BCUT2D eigenvalue weighted by molar-refractivity contribution is 0.0600. The van der Waals surface area contributed by atoms with Crippen LogP contribution in [0.25, 0.3) is 0 Å². The Morgan fingerprint density at radius 2 is 1.64 bits per heavy atom. The molecule has 6 nitrogen and oxygen atoms in total. The van der Waals surface area contributed by atoms with Crippen LogP contribution in [0.5, 0.6) is 0 Å². The summed E-state index contributed by atoms with van der Waals surface area (Å²) in [4.78, 5) is 28.0. The molecule has 7 heteroatoms. The van der Waals surface area contributed by atoms with E-state index in [0.717, 1.165) is 16.9 Å². The van der Waals surface area contributed by atoms with Crippen molar-refractivity contribution >= 4 is 40.5 Å². The van der Waals surface area contributed by atoms with Gasteiger partial charge in [0.25, 0.3) is 5.91 Å². The van der Waals surface area contributed by atoms with Crippen LogP contribution in [0, 0.1) is 6.92 Å². The molecule has 2 aromatic carbocycles. The number of pyridine rings is 1. The second-order valence-corrected chi connectivity index (χ2v) is 6.45. The fraction of sp³-hybridized carbons (Fsp3) is 0.0952. The molecule has 1 amide bonds. The van der Waals surface area contributed by atoms with E-state index in [4.69, 9.17) is 11.6 Å². The number of methoxy groups -OCH3 is 1. The van der Waals surface area contributed by atoms with Crippen molar-refractivity contribution in [3.8, 4) is 0 Å². The summed E-state index contributed by atoms with van der Waals surface area (Å²) < 4.78 is 4.64. The van der Waals surface area contributed by atoms with E-state index in [2.05, 4.69) is 20.4 Å². The van der Waals surface area contributed by atoms with Crippen LogP contribution in [0.2, 0.25) is 5.02 Å². The molecule has 0 bridgehead atoms. The number of nitrogens with one attached hydrogen (secondary N) is 2. The standard InChI is InChI=1S/C21H18ClN3O3/c1-13-3-6-16(11-18(13)22)24-17-9-10-19(23-12-17)20(26)25-15-7-4-14(5-8-15)21(27)28-2/h3-12,24H,1-2H3,(H,25,26). The summed E-state index contributed by atoms with van der Waals surface area (Å²) >= 11 is 6.12. The number of esters is 1. The molecule has 3 aromatic rings. The molecule has 0 saturated carbocycles. The van der Waals surface area contributed by atoms with E-state index >= 15 is 0 Å². The van der Waals surface area contributed by atoms with Crippen LogP contribution in [-0.4, -0.2) is 24.0 Å². The van der Waals surface area contributed by atoms with Gasteiger partial charge in [-0.2, -0.15) is 0 Å². The Kier molecular flexibility index (Phi) is 5.91. The van der Waals surface area contributed by atoms with Gasteiger partial charge in [-0.05, 0) is 61.0 Å². The fourth-order valence-corrected chi connectivity index (χ4v) is 2.62. The minimum atomic E-state index is -0.433.